The van der Waals surface area contributed by atoms with Gasteiger partial charge in [0.05, 0.1) is 18.2 Å². The molecule has 5 nitrogen and oxygen atoms in total. The van der Waals surface area contributed by atoms with Crippen LogP contribution in [0.5, 0.6) is 5.75 Å². The molecule has 136 valence electrons. The Bertz CT molecular complexity index is 773. The molecular weight excluding hydrogens is 347 g/mol. The maximum Gasteiger partial charge on any atom is 0.573 e. The first-order chi connectivity index (χ1) is 12.4. The van der Waals surface area contributed by atoms with Gasteiger partial charge in [0.1, 0.15) is 0 Å². The van der Waals surface area contributed by atoms with Crippen molar-refractivity contribution >= 4 is 11.7 Å². The van der Waals surface area contributed by atoms with E-state index in [1.54, 1.807) is 0 Å². The standard InChI is InChI=1S/C18H16F3N3O2/c19-18(20,21)26-16-10-5-4-9-15(16)23-17(25)24(12-6-11-22)13-14-7-2-1-3-8-14/h1-5,7-10H,6,12-13H2,(H,23,25). The van der Waals surface area contributed by atoms with Crippen molar-refractivity contribution in [1.82, 2.24) is 4.90 Å². The van der Waals surface area contributed by atoms with E-state index in [9.17, 15) is 18.0 Å². The Morgan fingerprint density at radius 3 is 2.42 bits per heavy atom. The number of ether oxygens (including phenoxy) is 1. The first-order valence-electron chi connectivity index (χ1n) is 7.70. The van der Waals surface area contributed by atoms with Gasteiger partial charge in [-0.05, 0) is 17.7 Å². The monoisotopic (exact) mass is 363 g/mol. The summed E-state index contributed by atoms with van der Waals surface area (Å²) in [6.45, 7) is 0.357. The molecule has 0 aliphatic carbocycles. The minimum absolute atomic E-state index is 0.0982. The van der Waals surface area contributed by atoms with Crippen LogP contribution in [0.15, 0.2) is 54.6 Å². The van der Waals surface area contributed by atoms with Crippen molar-refractivity contribution in [2.45, 2.75) is 19.3 Å². The fraction of sp³-hybridized carbons (Fsp3) is 0.222. The highest BCUT2D eigenvalue weighted by Gasteiger charge is 2.32. The van der Waals surface area contributed by atoms with E-state index < -0.39 is 18.1 Å². The van der Waals surface area contributed by atoms with Crippen molar-refractivity contribution in [3.8, 4) is 11.8 Å². The number of alkyl halides is 3. The lowest BCUT2D eigenvalue weighted by molar-refractivity contribution is -0.274. The molecule has 0 fully saturated rings. The molecule has 1 N–H and O–H groups in total. The van der Waals surface area contributed by atoms with Crippen molar-refractivity contribution in [2.75, 3.05) is 11.9 Å². The average Bonchev–Trinajstić information content (AvgIpc) is 2.60. The number of para-hydroxylation sites is 2. The van der Waals surface area contributed by atoms with Crippen LogP contribution in [0, 0.1) is 11.3 Å². The number of rotatable bonds is 6. The van der Waals surface area contributed by atoms with Gasteiger partial charge in [0.2, 0.25) is 0 Å². The number of nitriles is 1. The average molecular weight is 363 g/mol. The number of urea groups is 1. The zero-order chi connectivity index (χ0) is 19.0. The van der Waals surface area contributed by atoms with Crippen LogP contribution in [-0.4, -0.2) is 23.8 Å². The molecule has 2 amide bonds. The van der Waals surface area contributed by atoms with E-state index in [4.69, 9.17) is 5.26 Å². The van der Waals surface area contributed by atoms with Crippen LogP contribution in [0.3, 0.4) is 0 Å². The molecule has 0 saturated carbocycles. The minimum Gasteiger partial charge on any atom is -0.404 e. The summed E-state index contributed by atoms with van der Waals surface area (Å²) in [6, 6.07) is 15.7. The molecule has 2 aromatic rings. The predicted octanol–water partition coefficient (Wildman–Crippen LogP) is 4.53. The smallest absolute Gasteiger partial charge is 0.404 e. The lowest BCUT2D eigenvalue weighted by Gasteiger charge is -2.23. The van der Waals surface area contributed by atoms with Crippen LogP contribution in [0.1, 0.15) is 12.0 Å². The van der Waals surface area contributed by atoms with E-state index in [2.05, 4.69) is 10.1 Å². The third kappa shape index (κ3) is 6.02. The molecule has 0 radical (unpaired) electrons. The summed E-state index contributed by atoms with van der Waals surface area (Å²) in [7, 11) is 0. The highest BCUT2D eigenvalue weighted by Crippen LogP contribution is 2.30. The molecule has 2 aromatic carbocycles. The van der Waals surface area contributed by atoms with Gasteiger partial charge < -0.3 is 15.0 Å². The number of nitrogens with one attached hydrogen (secondary N) is 1. The summed E-state index contributed by atoms with van der Waals surface area (Å²) >= 11 is 0. The summed E-state index contributed by atoms with van der Waals surface area (Å²) in [5.74, 6) is -0.506. The summed E-state index contributed by atoms with van der Waals surface area (Å²) in [5, 5.41) is 11.2. The molecule has 0 atom stereocenters. The molecule has 8 heteroatoms. The van der Waals surface area contributed by atoms with Crippen molar-refractivity contribution in [3.05, 3.63) is 60.2 Å². The number of carbonyl (C=O) groups is 1. The fourth-order valence-electron chi connectivity index (χ4n) is 2.22. The van der Waals surface area contributed by atoms with Crippen LogP contribution >= 0.6 is 0 Å². The Morgan fingerprint density at radius 2 is 1.77 bits per heavy atom. The predicted molar refractivity (Wildman–Crippen MR) is 89.2 cm³/mol. The molecule has 0 heterocycles. The Hall–Kier alpha value is -3.21. The molecule has 0 aromatic heterocycles. The van der Waals surface area contributed by atoms with Crippen LogP contribution in [0.25, 0.3) is 0 Å². The molecule has 0 aliphatic heterocycles. The first kappa shape index (κ1) is 19.1. The zero-order valence-corrected chi connectivity index (χ0v) is 13.7. The van der Waals surface area contributed by atoms with Gasteiger partial charge in [-0.3, -0.25) is 0 Å². The second-order valence-electron chi connectivity index (χ2n) is 5.29. The molecule has 0 saturated heterocycles. The molecule has 0 aliphatic rings. The Kier molecular flexibility index (Phi) is 6.44. The largest absolute Gasteiger partial charge is 0.573 e. The molecule has 0 unspecified atom stereocenters. The molecular formula is C18H16F3N3O2. The molecule has 0 bridgehead atoms. The number of hydrogen-bond acceptors (Lipinski definition) is 3. The Morgan fingerprint density at radius 1 is 1.12 bits per heavy atom. The Labute approximate surface area is 148 Å². The molecule has 26 heavy (non-hydrogen) atoms. The van der Waals surface area contributed by atoms with Crippen molar-refractivity contribution in [3.63, 3.8) is 0 Å². The summed E-state index contributed by atoms with van der Waals surface area (Å²) < 4.78 is 41.4. The highest BCUT2D eigenvalue weighted by molar-refractivity contribution is 5.91. The van der Waals surface area contributed by atoms with Crippen LogP contribution in [0.2, 0.25) is 0 Å². The highest BCUT2D eigenvalue weighted by atomic mass is 19.4. The van der Waals surface area contributed by atoms with Crippen molar-refractivity contribution in [1.29, 1.82) is 5.26 Å². The lowest BCUT2D eigenvalue weighted by Crippen LogP contribution is -2.35. The van der Waals surface area contributed by atoms with E-state index in [1.807, 2.05) is 36.4 Å². The van der Waals surface area contributed by atoms with E-state index in [1.165, 1.54) is 23.1 Å². The first-order valence-corrected chi connectivity index (χ1v) is 7.70. The number of amides is 2. The summed E-state index contributed by atoms with van der Waals surface area (Å²) in [4.78, 5) is 13.9. The molecule has 0 spiro atoms. The number of carbonyl (C=O) groups excluding carboxylic acids is 1. The van der Waals surface area contributed by atoms with E-state index in [0.29, 0.717) is 0 Å². The summed E-state index contributed by atoms with van der Waals surface area (Å²) in [6.07, 6.45) is -4.77. The zero-order valence-electron chi connectivity index (χ0n) is 13.7. The van der Waals surface area contributed by atoms with E-state index in [0.717, 1.165) is 11.6 Å². The van der Waals surface area contributed by atoms with Gasteiger partial charge in [-0.15, -0.1) is 13.2 Å². The summed E-state index contributed by atoms with van der Waals surface area (Å²) in [5.41, 5.74) is 0.727. The minimum atomic E-state index is -4.87. The maximum absolute atomic E-state index is 12.5. The SMILES string of the molecule is N#CCCN(Cc1ccccc1)C(=O)Nc1ccccc1OC(F)(F)F. The van der Waals surface area contributed by atoms with Gasteiger partial charge in [0, 0.05) is 13.1 Å². The molecule has 2 rings (SSSR count). The second-order valence-corrected chi connectivity index (χ2v) is 5.29. The van der Waals surface area contributed by atoms with Gasteiger partial charge in [-0.2, -0.15) is 5.26 Å². The van der Waals surface area contributed by atoms with Gasteiger partial charge in [0.25, 0.3) is 0 Å². The third-order valence-electron chi connectivity index (χ3n) is 3.35. The number of hydrogen-bond donors (Lipinski definition) is 1. The van der Waals surface area contributed by atoms with Crippen LogP contribution in [0.4, 0.5) is 23.7 Å². The van der Waals surface area contributed by atoms with E-state index in [-0.39, 0.29) is 25.2 Å². The maximum atomic E-state index is 12.5. The third-order valence-corrected chi connectivity index (χ3v) is 3.35. The second kappa shape index (κ2) is 8.76. The Balaban J connectivity index is 2.15. The fourth-order valence-corrected chi connectivity index (χ4v) is 2.22. The topological polar surface area (TPSA) is 65.4 Å². The van der Waals surface area contributed by atoms with Crippen LogP contribution in [-0.2, 0) is 6.54 Å². The van der Waals surface area contributed by atoms with Gasteiger partial charge in [0.15, 0.2) is 5.75 Å². The number of halogens is 3. The normalized spacial score (nSPS) is 10.7. The van der Waals surface area contributed by atoms with Gasteiger partial charge >= 0.3 is 12.4 Å². The van der Waals surface area contributed by atoms with Crippen molar-refractivity contribution < 1.29 is 22.7 Å². The number of benzene rings is 2. The quantitative estimate of drug-likeness (QED) is 0.820. The van der Waals surface area contributed by atoms with Gasteiger partial charge in [-0.1, -0.05) is 42.5 Å². The van der Waals surface area contributed by atoms with Crippen molar-refractivity contribution in [2.24, 2.45) is 0 Å². The number of nitrogens with zero attached hydrogens (tertiary/aromatic N) is 2. The van der Waals surface area contributed by atoms with Crippen LogP contribution < -0.4 is 10.1 Å². The number of anilines is 1. The van der Waals surface area contributed by atoms with E-state index >= 15 is 0 Å². The lowest BCUT2D eigenvalue weighted by atomic mass is 10.2. The van der Waals surface area contributed by atoms with Gasteiger partial charge in [-0.25, -0.2) is 4.79 Å².